The highest BCUT2D eigenvalue weighted by Gasteiger charge is 2.64. The summed E-state index contributed by atoms with van der Waals surface area (Å²) in [6, 6.07) is 18.3. The van der Waals surface area contributed by atoms with E-state index in [1.54, 1.807) is 49.6 Å². The highest BCUT2D eigenvalue weighted by Crippen LogP contribution is 2.53. The van der Waals surface area contributed by atoms with Gasteiger partial charge in [0, 0.05) is 16.8 Å². The quantitative estimate of drug-likeness (QED) is 0.309. The third-order valence-corrected chi connectivity index (χ3v) is 8.09. The Hall–Kier alpha value is -3.42. The van der Waals surface area contributed by atoms with Crippen molar-refractivity contribution in [2.24, 2.45) is 11.8 Å². The fourth-order valence-corrected chi connectivity index (χ4v) is 6.44. The van der Waals surface area contributed by atoms with Gasteiger partial charge in [-0.25, -0.2) is 4.90 Å². The summed E-state index contributed by atoms with van der Waals surface area (Å²) in [4.78, 5) is 44.9. The number of rotatable bonds is 4. The van der Waals surface area contributed by atoms with E-state index in [-0.39, 0.29) is 11.7 Å². The van der Waals surface area contributed by atoms with E-state index in [0.717, 1.165) is 11.1 Å². The van der Waals surface area contributed by atoms with E-state index in [1.165, 1.54) is 4.90 Å². The van der Waals surface area contributed by atoms with Crippen LogP contribution in [0.5, 0.6) is 5.75 Å². The number of Topliss-reactive ketones (excluding diaryl/α,β-unsaturated/α-hetero) is 1. The Balaban J connectivity index is 1.49. The number of hydrogen-bond acceptors (Lipinski definition) is 5. The minimum absolute atomic E-state index is 0.228. The van der Waals surface area contributed by atoms with Crippen LogP contribution >= 0.6 is 27.5 Å². The number of benzene rings is 3. The molecule has 6 rings (SSSR count). The SMILES string of the molecule is COc1ccc(C(=O)[C@@H]2[C@H]3C(=O)N(c4cccc(Cl)c4)C(=O)[C@@H]3[C@H]3c4ccccc4C=CN23)cc1Br. The number of ketones is 1. The molecule has 2 fully saturated rings. The van der Waals surface area contributed by atoms with Gasteiger partial charge in [-0.15, -0.1) is 0 Å². The Bertz CT molecular complexity index is 1470. The van der Waals surface area contributed by atoms with Gasteiger partial charge in [-0.3, -0.25) is 14.4 Å². The molecule has 0 N–H and O–H groups in total. The third kappa shape index (κ3) is 3.33. The molecule has 0 aliphatic carbocycles. The summed E-state index contributed by atoms with van der Waals surface area (Å²) in [6.07, 6.45) is 3.78. The van der Waals surface area contributed by atoms with Gasteiger partial charge in [-0.05, 0) is 69.5 Å². The maximum atomic E-state index is 14.0. The van der Waals surface area contributed by atoms with Crippen LogP contribution in [-0.4, -0.2) is 35.6 Å². The molecule has 180 valence electrons. The van der Waals surface area contributed by atoms with Crippen molar-refractivity contribution in [1.82, 2.24) is 4.90 Å². The number of ether oxygens (including phenoxy) is 1. The Morgan fingerprint density at radius 1 is 0.972 bits per heavy atom. The number of nitrogens with zero attached hydrogens (tertiary/aromatic N) is 2. The van der Waals surface area contributed by atoms with Crippen LogP contribution in [0.25, 0.3) is 6.08 Å². The molecule has 3 heterocycles. The van der Waals surface area contributed by atoms with E-state index >= 15 is 0 Å². The molecule has 36 heavy (non-hydrogen) atoms. The Morgan fingerprint density at radius 3 is 2.50 bits per heavy atom. The maximum absolute atomic E-state index is 14.0. The van der Waals surface area contributed by atoms with Crippen molar-refractivity contribution >= 4 is 56.9 Å². The lowest BCUT2D eigenvalue weighted by molar-refractivity contribution is -0.123. The van der Waals surface area contributed by atoms with E-state index in [4.69, 9.17) is 16.3 Å². The molecule has 6 nitrogen and oxygen atoms in total. The zero-order valence-corrected chi connectivity index (χ0v) is 21.4. The number of carbonyl (C=O) groups excluding carboxylic acids is 3. The van der Waals surface area contributed by atoms with Gasteiger partial charge in [0.1, 0.15) is 11.8 Å². The molecule has 0 radical (unpaired) electrons. The summed E-state index contributed by atoms with van der Waals surface area (Å²) in [5.74, 6) is -1.89. The van der Waals surface area contributed by atoms with E-state index in [9.17, 15) is 14.4 Å². The summed E-state index contributed by atoms with van der Waals surface area (Å²) >= 11 is 9.63. The first kappa shape index (κ1) is 23.0. The van der Waals surface area contributed by atoms with E-state index in [1.807, 2.05) is 41.4 Å². The molecule has 0 bridgehead atoms. The number of imide groups is 1. The summed E-state index contributed by atoms with van der Waals surface area (Å²) in [6.45, 7) is 0. The van der Waals surface area contributed by atoms with Gasteiger partial charge in [0.25, 0.3) is 0 Å². The molecule has 0 unspecified atom stereocenters. The third-order valence-electron chi connectivity index (χ3n) is 7.23. The predicted octanol–water partition coefficient (Wildman–Crippen LogP) is 5.51. The van der Waals surface area contributed by atoms with Crippen molar-refractivity contribution in [3.8, 4) is 5.75 Å². The van der Waals surface area contributed by atoms with E-state index < -0.39 is 29.8 Å². The standard InChI is InChI=1S/C28H20BrClN2O4/c1-36-21-10-9-16(13-20(21)29)26(33)25-23-22(24-19-8-3-2-5-15(19)11-12-31(24)25)27(34)32(28(23)35)18-7-4-6-17(30)14-18/h2-14,22-25H,1H3/t22-,23-,24+,25-/m0/s1. The second-order valence-electron chi connectivity index (χ2n) is 9.04. The van der Waals surface area contributed by atoms with Crippen LogP contribution in [0.3, 0.4) is 0 Å². The lowest BCUT2D eigenvalue weighted by atomic mass is 9.83. The van der Waals surface area contributed by atoms with Gasteiger partial charge in [0.05, 0.1) is 35.1 Å². The second-order valence-corrected chi connectivity index (χ2v) is 10.3. The summed E-state index contributed by atoms with van der Waals surface area (Å²) in [7, 11) is 1.55. The predicted molar refractivity (Wildman–Crippen MR) is 140 cm³/mol. The number of methoxy groups -OCH3 is 1. The zero-order valence-electron chi connectivity index (χ0n) is 19.1. The molecule has 0 saturated carbocycles. The smallest absolute Gasteiger partial charge is 0.240 e. The first-order chi connectivity index (χ1) is 17.4. The molecule has 3 aromatic carbocycles. The van der Waals surface area contributed by atoms with E-state index in [0.29, 0.717) is 26.5 Å². The lowest BCUT2D eigenvalue weighted by Gasteiger charge is -2.35. The Labute approximate surface area is 221 Å². The molecule has 4 atom stereocenters. The molecular weight excluding hydrogens is 544 g/mol. The molecule has 2 amide bonds. The molecule has 0 aromatic heterocycles. The van der Waals surface area contributed by atoms with E-state index in [2.05, 4.69) is 15.9 Å². The van der Waals surface area contributed by atoms with Gasteiger partial charge in [0.15, 0.2) is 5.78 Å². The van der Waals surface area contributed by atoms with Crippen LogP contribution in [0.4, 0.5) is 5.69 Å². The van der Waals surface area contributed by atoms with Gasteiger partial charge < -0.3 is 9.64 Å². The minimum Gasteiger partial charge on any atom is -0.496 e. The monoisotopic (exact) mass is 562 g/mol. The maximum Gasteiger partial charge on any atom is 0.240 e. The molecular formula is C28H20BrClN2O4. The first-order valence-corrected chi connectivity index (χ1v) is 12.6. The lowest BCUT2D eigenvalue weighted by Crippen LogP contribution is -2.44. The number of amides is 2. The zero-order chi connectivity index (χ0) is 25.1. The van der Waals surface area contributed by atoms with Crippen molar-refractivity contribution in [3.63, 3.8) is 0 Å². The average Bonchev–Trinajstić information content (AvgIpc) is 3.36. The number of halogens is 2. The molecule has 3 aromatic rings. The topological polar surface area (TPSA) is 66.9 Å². The number of fused-ring (bicyclic) bond motifs is 5. The molecule has 3 aliphatic rings. The first-order valence-electron chi connectivity index (χ1n) is 11.5. The van der Waals surface area contributed by atoms with Gasteiger partial charge in [-0.1, -0.05) is 41.9 Å². The molecule has 0 spiro atoms. The number of anilines is 1. The van der Waals surface area contributed by atoms with Crippen LogP contribution in [0.15, 0.2) is 77.4 Å². The summed E-state index contributed by atoms with van der Waals surface area (Å²) < 4.78 is 5.94. The Morgan fingerprint density at radius 2 is 1.75 bits per heavy atom. The van der Waals surface area contributed by atoms with Crippen molar-refractivity contribution in [3.05, 3.63) is 99.1 Å². The fraction of sp³-hybridized carbons (Fsp3) is 0.179. The van der Waals surface area contributed by atoms with Gasteiger partial charge in [0.2, 0.25) is 11.8 Å². The largest absolute Gasteiger partial charge is 0.496 e. The van der Waals surface area contributed by atoms with Crippen molar-refractivity contribution in [2.45, 2.75) is 12.1 Å². The fourth-order valence-electron chi connectivity index (χ4n) is 5.72. The minimum atomic E-state index is -0.842. The van der Waals surface area contributed by atoms with Crippen LogP contribution in [0.1, 0.15) is 27.5 Å². The molecule has 2 saturated heterocycles. The normalized spacial score (nSPS) is 24.0. The van der Waals surface area contributed by atoms with Crippen LogP contribution in [0.2, 0.25) is 5.02 Å². The number of hydrogen-bond donors (Lipinski definition) is 0. The summed E-state index contributed by atoms with van der Waals surface area (Å²) in [5.41, 5.74) is 2.74. The second kappa shape index (κ2) is 8.61. The van der Waals surface area contributed by atoms with Crippen LogP contribution in [-0.2, 0) is 9.59 Å². The van der Waals surface area contributed by atoms with Crippen molar-refractivity contribution in [2.75, 3.05) is 12.0 Å². The molecule has 8 heteroatoms. The highest BCUT2D eigenvalue weighted by molar-refractivity contribution is 9.10. The average molecular weight is 564 g/mol. The van der Waals surface area contributed by atoms with Crippen molar-refractivity contribution < 1.29 is 19.1 Å². The Kier molecular flexibility index (Phi) is 5.50. The van der Waals surface area contributed by atoms with Gasteiger partial charge >= 0.3 is 0 Å². The number of carbonyl (C=O) groups is 3. The van der Waals surface area contributed by atoms with Crippen molar-refractivity contribution in [1.29, 1.82) is 0 Å². The summed E-state index contributed by atoms with van der Waals surface area (Å²) in [5, 5.41) is 0.424. The van der Waals surface area contributed by atoms with Gasteiger partial charge in [-0.2, -0.15) is 0 Å². The van der Waals surface area contributed by atoms with Crippen LogP contribution in [0, 0.1) is 11.8 Å². The highest BCUT2D eigenvalue weighted by atomic mass is 79.9. The molecule has 3 aliphatic heterocycles. The van der Waals surface area contributed by atoms with Crippen LogP contribution < -0.4 is 9.64 Å².